The van der Waals surface area contributed by atoms with E-state index < -0.39 is 5.97 Å². The third-order valence-electron chi connectivity index (χ3n) is 1.46. The largest absolute Gasteiger partial charge is 0.395 e. The smallest absolute Gasteiger partial charge is 0.313 e. The number of carbonyl (C=O) groups excluding carboxylic acids is 2. The molecule has 64 valence electrons. The summed E-state index contributed by atoms with van der Waals surface area (Å²) in [5.74, 6) is -0.494. The average molecular weight is 167 g/mol. The highest BCUT2D eigenvalue weighted by Gasteiger charge is 2.02. The third kappa shape index (κ3) is 2.57. The van der Waals surface area contributed by atoms with Crippen LogP contribution in [0, 0.1) is 0 Å². The molecule has 12 heavy (non-hydrogen) atoms. The molecule has 4 nitrogen and oxygen atoms in total. The molecule has 0 saturated carbocycles. The number of hydrogen-bond donors (Lipinski definition) is 1. The highest BCUT2D eigenvalue weighted by atomic mass is 16.6. The second-order valence-electron chi connectivity index (χ2n) is 2.31. The molecule has 0 aliphatic carbocycles. The van der Waals surface area contributed by atoms with Gasteiger partial charge in [0.05, 0.1) is 6.42 Å². The highest BCUT2D eigenvalue weighted by Crippen LogP contribution is 2.01. The molecular formula is C8H9NO3. The lowest BCUT2D eigenvalue weighted by molar-refractivity contribution is -0.151. The molecule has 0 aromatic carbocycles. The van der Waals surface area contributed by atoms with E-state index in [1.54, 1.807) is 12.4 Å². The first-order valence-electron chi connectivity index (χ1n) is 3.57. The predicted molar refractivity (Wildman–Crippen MR) is 41.3 cm³/mol. The van der Waals surface area contributed by atoms with Crippen molar-refractivity contribution in [1.82, 2.24) is 4.98 Å². The van der Waals surface area contributed by atoms with Crippen LogP contribution in [0.2, 0.25) is 0 Å². The Morgan fingerprint density at radius 1 is 1.67 bits per heavy atom. The van der Waals surface area contributed by atoms with Gasteiger partial charge in [-0.1, -0.05) is 0 Å². The van der Waals surface area contributed by atoms with E-state index in [9.17, 15) is 9.59 Å². The first kappa shape index (κ1) is 8.52. The van der Waals surface area contributed by atoms with Crippen LogP contribution in [-0.4, -0.2) is 17.4 Å². The van der Waals surface area contributed by atoms with Gasteiger partial charge in [-0.05, 0) is 18.1 Å². The fourth-order valence-corrected chi connectivity index (χ4v) is 0.873. The maximum atomic E-state index is 10.7. The number of esters is 1. The molecule has 0 atom stereocenters. The molecule has 1 rings (SSSR count). The lowest BCUT2D eigenvalue weighted by Gasteiger charge is -1.94. The number of H-pyrrole nitrogens is 1. The summed E-state index contributed by atoms with van der Waals surface area (Å²) in [4.78, 5) is 23.3. The average Bonchev–Trinajstić information content (AvgIpc) is 2.53. The van der Waals surface area contributed by atoms with Gasteiger partial charge in [0.15, 0.2) is 0 Å². The van der Waals surface area contributed by atoms with E-state index in [2.05, 4.69) is 9.72 Å². The van der Waals surface area contributed by atoms with Crippen molar-refractivity contribution < 1.29 is 14.3 Å². The van der Waals surface area contributed by atoms with E-state index in [0.29, 0.717) is 6.42 Å². The topological polar surface area (TPSA) is 59.2 Å². The molecule has 0 unspecified atom stereocenters. The van der Waals surface area contributed by atoms with Crippen molar-refractivity contribution in [1.29, 1.82) is 0 Å². The number of rotatable bonds is 4. The summed E-state index contributed by atoms with van der Waals surface area (Å²) < 4.78 is 4.11. The number of aromatic nitrogens is 1. The number of aryl methyl sites for hydroxylation is 1. The van der Waals surface area contributed by atoms with Crippen molar-refractivity contribution in [2.24, 2.45) is 0 Å². The summed E-state index contributed by atoms with van der Waals surface area (Å²) in [5.41, 5.74) is 1.03. The Balaban J connectivity index is 2.26. The number of aromatic amines is 1. The van der Waals surface area contributed by atoms with Gasteiger partial charge in [0.2, 0.25) is 0 Å². The van der Waals surface area contributed by atoms with Crippen molar-refractivity contribution in [3.8, 4) is 0 Å². The van der Waals surface area contributed by atoms with Crippen molar-refractivity contribution >= 4 is 12.4 Å². The van der Waals surface area contributed by atoms with Crippen LogP contribution < -0.4 is 0 Å². The van der Waals surface area contributed by atoms with Crippen LogP contribution in [0.5, 0.6) is 0 Å². The van der Waals surface area contributed by atoms with Crippen LogP contribution in [0.15, 0.2) is 18.5 Å². The zero-order chi connectivity index (χ0) is 8.81. The molecule has 0 spiro atoms. The third-order valence-corrected chi connectivity index (χ3v) is 1.46. The second kappa shape index (κ2) is 4.33. The van der Waals surface area contributed by atoms with Crippen LogP contribution >= 0.6 is 0 Å². The summed E-state index contributed by atoms with van der Waals surface area (Å²) in [6.45, 7) is 0.152. The standard InChI is InChI=1S/C8H9NO3/c10-6-12-8(11)2-1-7-3-4-9-5-7/h3-6,9H,1-2H2. The van der Waals surface area contributed by atoms with E-state index in [1.165, 1.54) is 0 Å². The summed E-state index contributed by atoms with van der Waals surface area (Å²) in [6, 6.07) is 1.87. The van der Waals surface area contributed by atoms with Gasteiger partial charge in [-0.25, -0.2) is 0 Å². The van der Waals surface area contributed by atoms with E-state index >= 15 is 0 Å². The molecule has 0 aliphatic heterocycles. The number of nitrogens with one attached hydrogen (secondary N) is 1. The van der Waals surface area contributed by atoms with Crippen LogP contribution in [0.1, 0.15) is 12.0 Å². The Morgan fingerprint density at radius 2 is 2.50 bits per heavy atom. The highest BCUT2D eigenvalue weighted by molar-refractivity contribution is 5.76. The lowest BCUT2D eigenvalue weighted by atomic mass is 10.2. The van der Waals surface area contributed by atoms with Crippen molar-refractivity contribution in [2.45, 2.75) is 12.8 Å². The minimum Gasteiger partial charge on any atom is -0.395 e. The molecule has 1 heterocycles. The van der Waals surface area contributed by atoms with E-state index in [-0.39, 0.29) is 12.9 Å². The molecular weight excluding hydrogens is 158 g/mol. The monoisotopic (exact) mass is 167 g/mol. The predicted octanol–water partition coefficient (Wildman–Crippen LogP) is 0.647. The van der Waals surface area contributed by atoms with Crippen LogP contribution in [0.4, 0.5) is 0 Å². The Hall–Kier alpha value is -1.58. The Morgan fingerprint density at radius 3 is 3.08 bits per heavy atom. The molecule has 0 bridgehead atoms. The minimum absolute atomic E-state index is 0.152. The van der Waals surface area contributed by atoms with Gasteiger partial charge in [0, 0.05) is 12.4 Å². The Labute approximate surface area is 69.5 Å². The molecule has 1 aromatic heterocycles. The summed E-state index contributed by atoms with van der Waals surface area (Å²) in [6.07, 6.45) is 4.40. The molecule has 1 N–H and O–H groups in total. The summed E-state index contributed by atoms with van der Waals surface area (Å²) >= 11 is 0. The Bertz CT molecular complexity index is 253. The summed E-state index contributed by atoms with van der Waals surface area (Å²) in [5, 5.41) is 0. The fraction of sp³-hybridized carbons (Fsp3) is 0.250. The van der Waals surface area contributed by atoms with Gasteiger partial charge in [0.25, 0.3) is 0 Å². The molecule has 4 heteroatoms. The molecule has 0 fully saturated rings. The van der Waals surface area contributed by atoms with Crippen LogP contribution in [0.3, 0.4) is 0 Å². The molecule has 0 amide bonds. The lowest BCUT2D eigenvalue weighted by Crippen LogP contribution is -2.03. The van der Waals surface area contributed by atoms with Gasteiger partial charge in [-0.15, -0.1) is 0 Å². The second-order valence-corrected chi connectivity index (χ2v) is 2.31. The molecule has 0 saturated heterocycles. The van der Waals surface area contributed by atoms with Gasteiger partial charge in [-0.3, -0.25) is 9.59 Å². The molecule has 0 aliphatic rings. The number of hydrogen-bond acceptors (Lipinski definition) is 3. The van der Waals surface area contributed by atoms with Gasteiger partial charge in [0.1, 0.15) is 0 Å². The fourth-order valence-electron chi connectivity index (χ4n) is 0.873. The van der Waals surface area contributed by atoms with E-state index in [0.717, 1.165) is 5.56 Å². The minimum atomic E-state index is -0.494. The number of carbonyl (C=O) groups is 2. The first-order chi connectivity index (χ1) is 5.83. The molecule has 1 aromatic rings. The van der Waals surface area contributed by atoms with Crippen LogP contribution in [-0.2, 0) is 20.7 Å². The van der Waals surface area contributed by atoms with Gasteiger partial charge in [-0.2, -0.15) is 0 Å². The van der Waals surface area contributed by atoms with Crippen molar-refractivity contribution in [3.05, 3.63) is 24.0 Å². The quantitative estimate of drug-likeness (QED) is 0.407. The Kier molecular flexibility index (Phi) is 3.07. The van der Waals surface area contributed by atoms with Crippen LogP contribution in [0.25, 0.3) is 0 Å². The zero-order valence-electron chi connectivity index (χ0n) is 6.45. The first-order valence-corrected chi connectivity index (χ1v) is 3.57. The molecule has 0 radical (unpaired) electrons. The van der Waals surface area contributed by atoms with Crippen molar-refractivity contribution in [2.75, 3.05) is 0 Å². The zero-order valence-corrected chi connectivity index (χ0v) is 6.45. The normalized spacial score (nSPS) is 9.33. The SMILES string of the molecule is O=COC(=O)CCc1cc[nH]c1. The van der Waals surface area contributed by atoms with Gasteiger partial charge >= 0.3 is 12.4 Å². The number of ether oxygens (including phenoxy) is 1. The van der Waals surface area contributed by atoms with E-state index in [4.69, 9.17) is 0 Å². The maximum Gasteiger partial charge on any atom is 0.313 e. The summed E-state index contributed by atoms with van der Waals surface area (Å²) in [7, 11) is 0. The maximum absolute atomic E-state index is 10.7. The van der Waals surface area contributed by atoms with Gasteiger partial charge < -0.3 is 9.72 Å². The van der Waals surface area contributed by atoms with Crippen molar-refractivity contribution in [3.63, 3.8) is 0 Å². The van der Waals surface area contributed by atoms with E-state index in [1.807, 2.05) is 6.07 Å².